The number of ether oxygens (including phenoxy) is 2. The molecule has 0 aliphatic carbocycles. The lowest BCUT2D eigenvalue weighted by atomic mass is 9.99. The number of rotatable bonds is 68. The van der Waals surface area contributed by atoms with Gasteiger partial charge in [0.25, 0.3) is 0 Å². The van der Waals surface area contributed by atoms with Gasteiger partial charge in [-0.3, -0.25) is 4.79 Å². The van der Waals surface area contributed by atoms with Crippen LogP contribution in [0.2, 0.25) is 0 Å². The van der Waals surface area contributed by atoms with Crippen LogP contribution in [0.4, 0.5) is 0 Å². The minimum Gasteiger partial charge on any atom is -0.394 e. The van der Waals surface area contributed by atoms with Crippen molar-refractivity contribution < 1.29 is 39.8 Å². The van der Waals surface area contributed by atoms with E-state index in [9.17, 15) is 30.3 Å². The normalized spacial score (nSPS) is 18.1. The molecule has 0 aromatic rings. The third-order valence-electron chi connectivity index (χ3n) is 18.6. The highest BCUT2D eigenvalue weighted by atomic mass is 16.7. The molecule has 0 bridgehead atoms. The molecule has 500 valence electrons. The first-order valence-electron chi connectivity index (χ1n) is 37.9. The molecule has 0 aromatic heterocycles. The monoisotopic (exact) mass is 1190 g/mol. The molecule has 1 saturated heterocycles. The molecule has 1 heterocycles. The Hall–Kier alpha value is -1.07. The van der Waals surface area contributed by atoms with Crippen molar-refractivity contribution in [3.63, 3.8) is 0 Å². The molecule has 6 N–H and O–H groups in total. The van der Waals surface area contributed by atoms with Crippen molar-refractivity contribution in [2.45, 2.75) is 448 Å². The number of unbranched alkanes of at least 4 members (excludes halogenated alkanes) is 56. The summed E-state index contributed by atoms with van der Waals surface area (Å²) >= 11 is 0. The Morgan fingerprint density at radius 1 is 0.393 bits per heavy atom. The van der Waals surface area contributed by atoms with Gasteiger partial charge in [0.05, 0.1) is 25.4 Å². The Kier molecular flexibility index (Phi) is 62.5. The van der Waals surface area contributed by atoms with Gasteiger partial charge in [-0.25, -0.2) is 0 Å². The maximum absolute atomic E-state index is 13.2. The van der Waals surface area contributed by atoms with Gasteiger partial charge in [0.15, 0.2) is 6.29 Å². The fourth-order valence-corrected chi connectivity index (χ4v) is 12.7. The van der Waals surface area contributed by atoms with Crippen LogP contribution in [0.5, 0.6) is 0 Å². The Balaban J connectivity index is 2.02. The van der Waals surface area contributed by atoms with E-state index in [0.29, 0.717) is 12.8 Å². The lowest BCUT2D eigenvalue weighted by Gasteiger charge is -2.40. The van der Waals surface area contributed by atoms with Crippen molar-refractivity contribution >= 4 is 5.91 Å². The molecule has 0 radical (unpaired) electrons. The van der Waals surface area contributed by atoms with E-state index in [-0.39, 0.29) is 12.5 Å². The van der Waals surface area contributed by atoms with Crippen molar-refractivity contribution in [1.82, 2.24) is 5.32 Å². The SMILES string of the molecule is CCCCCCCCCC/C=C\CCCCCCCCCCCCCCCCCCCCCCCCCCCCCC(=O)NC(COC1OC(CO)C(O)C(O)C1O)C(O)CCCCCCCCCCCCCCCCCCCCCCCC. The van der Waals surface area contributed by atoms with Crippen molar-refractivity contribution in [2.24, 2.45) is 0 Å². The van der Waals surface area contributed by atoms with E-state index < -0.39 is 49.5 Å². The van der Waals surface area contributed by atoms with Gasteiger partial charge < -0.3 is 40.3 Å². The van der Waals surface area contributed by atoms with Crippen LogP contribution in [0.1, 0.15) is 406 Å². The molecule has 7 unspecified atom stereocenters. The van der Waals surface area contributed by atoms with Crippen molar-refractivity contribution in [1.29, 1.82) is 0 Å². The van der Waals surface area contributed by atoms with E-state index in [1.165, 1.54) is 340 Å². The Morgan fingerprint density at radius 2 is 0.667 bits per heavy atom. The summed E-state index contributed by atoms with van der Waals surface area (Å²) in [5, 5.41) is 55.0. The molecule has 0 aromatic carbocycles. The van der Waals surface area contributed by atoms with Gasteiger partial charge in [0, 0.05) is 6.42 Å². The highest BCUT2D eigenvalue weighted by molar-refractivity contribution is 5.76. The molecule has 0 spiro atoms. The molecular formula is C75H147NO8. The van der Waals surface area contributed by atoms with Gasteiger partial charge in [-0.15, -0.1) is 0 Å². The zero-order valence-electron chi connectivity index (χ0n) is 56.2. The van der Waals surface area contributed by atoms with E-state index in [2.05, 4.69) is 31.3 Å². The van der Waals surface area contributed by atoms with Gasteiger partial charge >= 0.3 is 0 Å². The molecular weight excluding hydrogens is 1040 g/mol. The van der Waals surface area contributed by atoms with E-state index in [1.54, 1.807) is 0 Å². The predicted molar refractivity (Wildman–Crippen MR) is 360 cm³/mol. The van der Waals surface area contributed by atoms with Gasteiger partial charge in [-0.1, -0.05) is 373 Å². The van der Waals surface area contributed by atoms with Crippen molar-refractivity contribution in [3.05, 3.63) is 12.2 Å². The van der Waals surface area contributed by atoms with Gasteiger partial charge in [-0.05, 0) is 38.5 Å². The van der Waals surface area contributed by atoms with Crippen LogP contribution in [0.25, 0.3) is 0 Å². The molecule has 1 fully saturated rings. The molecule has 7 atom stereocenters. The maximum atomic E-state index is 13.2. The zero-order valence-corrected chi connectivity index (χ0v) is 56.2. The van der Waals surface area contributed by atoms with Crippen molar-refractivity contribution in [3.8, 4) is 0 Å². The first kappa shape index (κ1) is 80.9. The minimum atomic E-state index is -1.55. The van der Waals surface area contributed by atoms with Crippen LogP contribution in [0.3, 0.4) is 0 Å². The standard InChI is InChI=1S/C75H147NO8/c1-3-5-7-9-11-13-15-17-19-21-23-25-27-28-29-30-31-32-33-34-35-36-37-38-39-40-41-42-43-45-47-49-51-53-55-57-59-61-63-65-71(79)76-68(67-83-75-74(82)73(81)72(80)70(66-77)84-75)69(78)64-62-60-58-56-54-52-50-48-46-44-26-24-22-20-18-16-14-12-10-8-6-4-2/h21,23,68-70,72-75,77-78,80-82H,3-20,22,24-67H2,1-2H3,(H,76,79)/b23-21-. The summed E-state index contributed by atoms with van der Waals surface area (Å²) in [5.41, 5.74) is 0. The quantitative estimate of drug-likeness (QED) is 0.0261. The highest BCUT2D eigenvalue weighted by Gasteiger charge is 2.44. The number of hydrogen-bond donors (Lipinski definition) is 6. The van der Waals surface area contributed by atoms with E-state index in [4.69, 9.17) is 9.47 Å². The Bertz CT molecular complexity index is 1330. The summed E-state index contributed by atoms with van der Waals surface area (Å²) in [4.78, 5) is 13.2. The molecule has 1 aliphatic heterocycles. The smallest absolute Gasteiger partial charge is 0.220 e. The van der Waals surface area contributed by atoms with Crippen LogP contribution >= 0.6 is 0 Å². The van der Waals surface area contributed by atoms with Crippen LogP contribution in [-0.4, -0.2) is 87.5 Å². The number of aliphatic hydroxyl groups is 5. The average molecular weight is 1190 g/mol. The third-order valence-corrected chi connectivity index (χ3v) is 18.6. The number of carbonyl (C=O) groups excluding carboxylic acids is 1. The first-order valence-corrected chi connectivity index (χ1v) is 37.9. The summed E-state index contributed by atoms with van der Waals surface area (Å²) in [7, 11) is 0. The zero-order chi connectivity index (χ0) is 60.7. The van der Waals surface area contributed by atoms with E-state index in [0.717, 1.165) is 38.5 Å². The summed E-state index contributed by atoms with van der Waals surface area (Å²) in [6.07, 6.45) is 77.4. The summed E-state index contributed by atoms with van der Waals surface area (Å²) in [5.74, 6) is -0.133. The second-order valence-electron chi connectivity index (χ2n) is 26.8. The molecule has 9 heteroatoms. The average Bonchev–Trinajstić information content (AvgIpc) is 3.70. The molecule has 9 nitrogen and oxygen atoms in total. The Labute approximate surface area is 522 Å². The Morgan fingerprint density at radius 3 is 0.964 bits per heavy atom. The van der Waals surface area contributed by atoms with Crippen LogP contribution in [-0.2, 0) is 14.3 Å². The number of hydrogen-bond acceptors (Lipinski definition) is 8. The second kappa shape index (κ2) is 64.9. The number of amides is 1. The summed E-state index contributed by atoms with van der Waals surface area (Å²) < 4.78 is 11.4. The topological polar surface area (TPSA) is 149 Å². The molecule has 1 aliphatic rings. The number of allylic oxidation sites excluding steroid dienone is 2. The number of nitrogens with one attached hydrogen (secondary N) is 1. The summed E-state index contributed by atoms with van der Waals surface area (Å²) in [6, 6.07) is -0.716. The third kappa shape index (κ3) is 52.8. The van der Waals surface area contributed by atoms with E-state index >= 15 is 0 Å². The number of aliphatic hydroxyl groups excluding tert-OH is 5. The van der Waals surface area contributed by atoms with Gasteiger partial charge in [0.2, 0.25) is 5.91 Å². The first-order chi connectivity index (χ1) is 41.3. The summed E-state index contributed by atoms with van der Waals surface area (Å²) in [6.45, 7) is 3.90. The fraction of sp³-hybridized carbons (Fsp3) is 0.960. The number of carbonyl (C=O) groups is 1. The molecule has 1 amide bonds. The van der Waals surface area contributed by atoms with Gasteiger partial charge in [0.1, 0.15) is 24.4 Å². The van der Waals surface area contributed by atoms with Crippen LogP contribution < -0.4 is 5.32 Å². The predicted octanol–water partition coefficient (Wildman–Crippen LogP) is 21.0. The van der Waals surface area contributed by atoms with Crippen LogP contribution in [0.15, 0.2) is 12.2 Å². The second-order valence-corrected chi connectivity index (χ2v) is 26.8. The molecule has 84 heavy (non-hydrogen) atoms. The van der Waals surface area contributed by atoms with Crippen LogP contribution in [0, 0.1) is 0 Å². The van der Waals surface area contributed by atoms with Gasteiger partial charge in [-0.2, -0.15) is 0 Å². The maximum Gasteiger partial charge on any atom is 0.220 e. The van der Waals surface area contributed by atoms with Crippen molar-refractivity contribution in [2.75, 3.05) is 13.2 Å². The fourth-order valence-electron chi connectivity index (χ4n) is 12.7. The highest BCUT2D eigenvalue weighted by Crippen LogP contribution is 2.24. The largest absolute Gasteiger partial charge is 0.394 e. The lowest BCUT2D eigenvalue weighted by Crippen LogP contribution is -2.60. The minimum absolute atomic E-state index is 0.131. The molecule has 1 rings (SSSR count). The lowest BCUT2D eigenvalue weighted by molar-refractivity contribution is -0.302. The molecule has 0 saturated carbocycles. The van der Waals surface area contributed by atoms with E-state index in [1.807, 2.05) is 0 Å².